The number of pyridine rings is 1. The number of nitrogens with one attached hydrogen (secondary N) is 1. The molecule has 1 fully saturated rings. The number of carbonyl (C=O) groups is 2. The molecule has 0 bridgehead atoms. The van der Waals surface area contributed by atoms with Gasteiger partial charge in [-0.25, -0.2) is 4.98 Å². The Morgan fingerprint density at radius 2 is 1.84 bits per heavy atom. The van der Waals surface area contributed by atoms with Gasteiger partial charge in [-0.15, -0.1) is 0 Å². The number of anilines is 1. The Kier molecular flexibility index (Phi) is 5.28. The van der Waals surface area contributed by atoms with E-state index in [1.165, 1.54) is 25.3 Å². The van der Waals surface area contributed by atoms with E-state index in [1.807, 2.05) is 6.07 Å². The second-order valence-corrected chi connectivity index (χ2v) is 6.13. The predicted molar refractivity (Wildman–Crippen MR) is 94.7 cm³/mol. The van der Waals surface area contributed by atoms with Gasteiger partial charge in [0.2, 0.25) is 0 Å². The number of benzene rings is 1. The van der Waals surface area contributed by atoms with E-state index in [4.69, 9.17) is 10.5 Å². The highest BCUT2D eigenvalue weighted by atomic mass is 16.5. The molecule has 0 unspecified atom stereocenters. The molecule has 130 valence electrons. The van der Waals surface area contributed by atoms with Crippen molar-refractivity contribution >= 4 is 17.6 Å². The Morgan fingerprint density at radius 3 is 2.60 bits per heavy atom. The van der Waals surface area contributed by atoms with Crippen molar-refractivity contribution in [2.75, 3.05) is 5.32 Å². The first-order valence-corrected chi connectivity index (χ1v) is 8.47. The number of primary amides is 1. The monoisotopic (exact) mass is 339 g/mol. The van der Waals surface area contributed by atoms with Crippen LogP contribution in [0.1, 0.15) is 53.0 Å². The summed E-state index contributed by atoms with van der Waals surface area (Å²) in [6.07, 6.45) is 5.97. The summed E-state index contributed by atoms with van der Waals surface area (Å²) in [5.41, 5.74) is 5.78. The van der Waals surface area contributed by atoms with E-state index >= 15 is 0 Å². The van der Waals surface area contributed by atoms with Crippen LogP contribution in [0.25, 0.3) is 0 Å². The van der Waals surface area contributed by atoms with Gasteiger partial charge in [0.25, 0.3) is 11.8 Å². The van der Waals surface area contributed by atoms with Crippen molar-refractivity contribution in [2.45, 2.75) is 38.2 Å². The first-order valence-electron chi connectivity index (χ1n) is 8.47. The van der Waals surface area contributed by atoms with E-state index in [1.54, 1.807) is 30.3 Å². The number of ether oxygens (including phenoxy) is 1. The van der Waals surface area contributed by atoms with E-state index in [0.29, 0.717) is 11.3 Å². The minimum absolute atomic E-state index is 0.104. The molecule has 25 heavy (non-hydrogen) atoms. The quantitative estimate of drug-likeness (QED) is 0.875. The van der Waals surface area contributed by atoms with Crippen LogP contribution in [0.4, 0.5) is 5.82 Å². The zero-order valence-electron chi connectivity index (χ0n) is 13.9. The van der Waals surface area contributed by atoms with Crippen LogP contribution in [-0.4, -0.2) is 22.9 Å². The summed E-state index contributed by atoms with van der Waals surface area (Å²) < 4.78 is 5.99. The largest absolute Gasteiger partial charge is 0.490 e. The lowest BCUT2D eigenvalue weighted by Crippen LogP contribution is -2.20. The van der Waals surface area contributed by atoms with Gasteiger partial charge in [-0.2, -0.15) is 0 Å². The number of rotatable bonds is 5. The summed E-state index contributed by atoms with van der Waals surface area (Å²) in [4.78, 5) is 27.6. The molecular weight excluding hydrogens is 318 g/mol. The molecule has 1 aromatic heterocycles. The maximum absolute atomic E-state index is 12.4. The van der Waals surface area contributed by atoms with Crippen LogP contribution in [0, 0.1) is 0 Å². The summed E-state index contributed by atoms with van der Waals surface area (Å²) in [6.45, 7) is 0. The molecule has 0 atom stereocenters. The number of carbonyl (C=O) groups excluding carboxylic acids is 2. The van der Waals surface area contributed by atoms with Gasteiger partial charge in [0.05, 0.1) is 6.10 Å². The zero-order chi connectivity index (χ0) is 17.6. The maximum Gasteiger partial charge on any atom is 0.267 e. The molecule has 0 radical (unpaired) electrons. The van der Waals surface area contributed by atoms with Gasteiger partial charge < -0.3 is 15.8 Å². The van der Waals surface area contributed by atoms with Crippen molar-refractivity contribution in [1.29, 1.82) is 0 Å². The third-order valence-corrected chi connectivity index (χ3v) is 4.19. The Bertz CT molecular complexity index is 770. The van der Waals surface area contributed by atoms with E-state index in [2.05, 4.69) is 10.3 Å². The van der Waals surface area contributed by atoms with Crippen molar-refractivity contribution in [1.82, 2.24) is 4.98 Å². The molecule has 0 aliphatic heterocycles. The zero-order valence-corrected chi connectivity index (χ0v) is 13.9. The summed E-state index contributed by atoms with van der Waals surface area (Å²) in [6, 6.07) is 11.8. The predicted octanol–water partition coefficient (Wildman–Crippen LogP) is 3.14. The normalized spacial score (nSPS) is 14.7. The summed E-state index contributed by atoms with van der Waals surface area (Å²) in [5, 5.41) is 2.67. The lowest BCUT2D eigenvalue weighted by molar-refractivity contribution is 0.0991. The minimum atomic E-state index is -0.640. The first kappa shape index (κ1) is 17.0. The van der Waals surface area contributed by atoms with Gasteiger partial charge in [-0.3, -0.25) is 9.59 Å². The Hall–Kier alpha value is -2.89. The Labute approximate surface area is 146 Å². The second-order valence-electron chi connectivity index (χ2n) is 6.13. The smallest absolute Gasteiger partial charge is 0.267 e. The number of aromatic nitrogens is 1. The standard InChI is InChI=1S/C19H21N3O3/c20-18(23)16-10-5-11-17(21-16)22-19(24)13-6-4-9-15(12-13)25-14-7-2-1-3-8-14/h4-6,9-12,14H,1-3,7-8H2,(H2,20,23)(H,21,22,24). The highest BCUT2D eigenvalue weighted by Crippen LogP contribution is 2.24. The fourth-order valence-electron chi connectivity index (χ4n) is 2.92. The lowest BCUT2D eigenvalue weighted by Gasteiger charge is -2.23. The van der Waals surface area contributed by atoms with Gasteiger partial charge in [0, 0.05) is 5.56 Å². The van der Waals surface area contributed by atoms with E-state index < -0.39 is 5.91 Å². The van der Waals surface area contributed by atoms with Gasteiger partial charge in [-0.05, 0) is 56.0 Å². The number of amides is 2. The minimum Gasteiger partial charge on any atom is -0.490 e. The average Bonchev–Trinajstić information content (AvgIpc) is 2.63. The van der Waals surface area contributed by atoms with E-state index in [0.717, 1.165) is 12.8 Å². The fourth-order valence-corrected chi connectivity index (χ4v) is 2.92. The van der Waals surface area contributed by atoms with Crippen LogP contribution >= 0.6 is 0 Å². The van der Waals surface area contributed by atoms with Gasteiger partial charge in [0.15, 0.2) is 0 Å². The maximum atomic E-state index is 12.4. The van der Waals surface area contributed by atoms with Crippen LogP contribution in [-0.2, 0) is 0 Å². The number of hydrogen-bond donors (Lipinski definition) is 2. The van der Waals surface area contributed by atoms with Gasteiger partial charge in [-0.1, -0.05) is 18.6 Å². The van der Waals surface area contributed by atoms with Crippen molar-refractivity contribution < 1.29 is 14.3 Å². The van der Waals surface area contributed by atoms with Crippen LogP contribution in [0.2, 0.25) is 0 Å². The molecule has 6 nitrogen and oxygen atoms in total. The van der Waals surface area contributed by atoms with Crippen LogP contribution in [0.3, 0.4) is 0 Å². The van der Waals surface area contributed by atoms with Crippen molar-refractivity contribution in [3.63, 3.8) is 0 Å². The molecule has 1 aliphatic rings. The number of nitrogens with zero attached hydrogens (tertiary/aromatic N) is 1. The van der Waals surface area contributed by atoms with Crippen molar-refractivity contribution in [3.8, 4) is 5.75 Å². The summed E-state index contributed by atoms with van der Waals surface area (Å²) in [5.74, 6) is 0.0143. The van der Waals surface area contributed by atoms with Crippen LogP contribution < -0.4 is 15.8 Å². The summed E-state index contributed by atoms with van der Waals surface area (Å²) >= 11 is 0. The SMILES string of the molecule is NC(=O)c1cccc(NC(=O)c2cccc(OC3CCCCC3)c2)n1. The molecule has 2 amide bonds. The van der Waals surface area contributed by atoms with Gasteiger partial charge in [0.1, 0.15) is 17.3 Å². The van der Waals surface area contributed by atoms with Crippen molar-refractivity contribution in [2.24, 2.45) is 5.73 Å². The molecule has 0 saturated heterocycles. The van der Waals surface area contributed by atoms with Gasteiger partial charge >= 0.3 is 0 Å². The molecule has 1 aromatic carbocycles. The highest BCUT2D eigenvalue weighted by Gasteiger charge is 2.16. The number of hydrogen-bond acceptors (Lipinski definition) is 4. The number of nitrogens with two attached hydrogens (primary N) is 1. The molecule has 1 heterocycles. The fraction of sp³-hybridized carbons (Fsp3) is 0.316. The lowest BCUT2D eigenvalue weighted by atomic mass is 9.98. The van der Waals surface area contributed by atoms with Crippen LogP contribution in [0.5, 0.6) is 5.75 Å². The highest BCUT2D eigenvalue weighted by molar-refractivity contribution is 6.04. The molecule has 1 saturated carbocycles. The van der Waals surface area contributed by atoms with Crippen LogP contribution in [0.15, 0.2) is 42.5 Å². The third-order valence-electron chi connectivity index (χ3n) is 4.19. The molecule has 3 rings (SSSR count). The second kappa shape index (κ2) is 7.79. The van der Waals surface area contributed by atoms with E-state index in [-0.39, 0.29) is 23.5 Å². The molecule has 6 heteroatoms. The molecule has 2 aromatic rings. The topological polar surface area (TPSA) is 94.3 Å². The molecular formula is C19H21N3O3. The Morgan fingerprint density at radius 1 is 1.08 bits per heavy atom. The van der Waals surface area contributed by atoms with Crippen molar-refractivity contribution in [3.05, 3.63) is 53.7 Å². The molecule has 1 aliphatic carbocycles. The third kappa shape index (κ3) is 4.56. The van der Waals surface area contributed by atoms with E-state index in [9.17, 15) is 9.59 Å². The molecule has 0 spiro atoms. The Balaban J connectivity index is 1.68. The average molecular weight is 339 g/mol. The molecule has 3 N–H and O–H groups in total. The summed E-state index contributed by atoms with van der Waals surface area (Å²) in [7, 11) is 0. The first-order chi connectivity index (χ1) is 12.1.